The molecule has 0 saturated carbocycles. The van der Waals surface area contributed by atoms with E-state index in [-0.39, 0.29) is 30.4 Å². The average Bonchev–Trinajstić information content (AvgIpc) is 3.14. The Kier molecular flexibility index (Phi) is 5.61. The number of nitrogens with zero attached hydrogens (tertiary/aromatic N) is 3. The number of anilines is 1. The Bertz CT molecular complexity index is 1050. The molecule has 1 aromatic rings. The van der Waals surface area contributed by atoms with Crippen molar-refractivity contribution in [3.63, 3.8) is 0 Å². The van der Waals surface area contributed by atoms with Crippen LogP contribution >= 0.6 is 0 Å². The van der Waals surface area contributed by atoms with Crippen LogP contribution in [0.2, 0.25) is 0 Å². The lowest BCUT2D eigenvalue weighted by atomic mass is 9.77. The molecule has 34 heavy (non-hydrogen) atoms. The maximum Gasteiger partial charge on any atom is 0.249 e. The van der Waals surface area contributed by atoms with Crippen LogP contribution in [0.3, 0.4) is 0 Å². The zero-order valence-corrected chi connectivity index (χ0v) is 19.7. The van der Waals surface area contributed by atoms with Crippen molar-refractivity contribution in [2.24, 2.45) is 11.8 Å². The minimum absolute atomic E-state index is 0.0743. The van der Waals surface area contributed by atoms with Crippen LogP contribution in [0.5, 0.6) is 0 Å². The van der Waals surface area contributed by atoms with Crippen LogP contribution in [0, 0.1) is 11.8 Å². The number of hydrogen-bond acceptors (Lipinski definition) is 5. The summed E-state index contributed by atoms with van der Waals surface area (Å²) < 4.78 is 6.58. The van der Waals surface area contributed by atoms with Crippen molar-refractivity contribution in [1.82, 2.24) is 9.80 Å². The van der Waals surface area contributed by atoms with Crippen molar-refractivity contribution in [2.45, 2.75) is 50.6 Å². The van der Waals surface area contributed by atoms with Gasteiger partial charge in [0.25, 0.3) is 0 Å². The highest BCUT2D eigenvalue weighted by Gasteiger charge is 2.72. The van der Waals surface area contributed by atoms with Gasteiger partial charge in [-0.2, -0.15) is 0 Å². The van der Waals surface area contributed by atoms with E-state index in [1.165, 1.54) is 4.90 Å². The summed E-state index contributed by atoms with van der Waals surface area (Å²) in [4.78, 5) is 46.6. The quantitative estimate of drug-likeness (QED) is 0.678. The van der Waals surface area contributed by atoms with E-state index in [1.807, 2.05) is 68.5 Å². The Labute approximate surface area is 199 Å². The predicted molar refractivity (Wildman–Crippen MR) is 126 cm³/mol. The molecular weight excluding hydrogens is 434 g/mol. The minimum Gasteiger partial charge on any atom is -0.394 e. The van der Waals surface area contributed by atoms with E-state index < -0.39 is 35.6 Å². The Morgan fingerprint density at radius 2 is 1.76 bits per heavy atom. The summed E-state index contributed by atoms with van der Waals surface area (Å²) in [6.07, 6.45) is 6.83. The van der Waals surface area contributed by atoms with Crippen LogP contribution in [-0.2, 0) is 19.1 Å². The van der Waals surface area contributed by atoms with Crippen LogP contribution in [0.15, 0.2) is 54.6 Å². The fraction of sp³-hybridized carbons (Fsp3) is 0.500. The van der Waals surface area contributed by atoms with E-state index in [9.17, 15) is 19.5 Å². The van der Waals surface area contributed by atoms with Crippen LogP contribution < -0.4 is 4.90 Å². The molecule has 8 heteroatoms. The number of hydrogen-bond donors (Lipinski definition) is 1. The Morgan fingerprint density at radius 3 is 2.44 bits per heavy atom. The Balaban J connectivity index is 1.63. The number of carbonyl (C=O) groups excluding carboxylic acids is 3. The van der Waals surface area contributed by atoms with Gasteiger partial charge >= 0.3 is 0 Å². The first kappa shape index (κ1) is 22.8. The summed E-state index contributed by atoms with van der Waals surface area (Å²) in [5.74, 6) is -2.36. The molecule has 4 heterocycles. The monoisotopic (exact) mass is 465 g/mol. The van der Waals surface area contributed by atoms with Gasteiger partial charge in [0.15, 0.2) is 0 Å². The third-order valence-corrected chi connectivity index (χ3v) is 7.56. The van der Waals surface area contributed by atoms with E-state index in [0.29, 0.717) is 13.1 Å². The van der Waals surface area contributed by atoms with Gasteiger partial charge in [0.1, 0.15) is 11.6 Å². The van der Waals surface area contributed by atoms with Gasteiger partial charge in [0.05, 0.1) is 30.6 Å². The number of rotatable bonds is 4. The molecule has 6 atom stereocenters. The second-order valence-electron chi connectivity index (χ2n) is 9.82. The fourth-order valence-electron chi connectivity index (χ4n) is 5.96. The largest absolute Gasteiger partial charge is 0.394 e. The number of fused-ring (bicyclic) bond motifs is 2. The van der Waals surface area contributed by atoms with Crippen molar-refractivity contribution in [3.8, 4) is 0 Å². The number of para-hydroxylation sites is 1. The van der Waals surface area contributed by atoms with Crippen LogP contribution in [0.4, 0.5) is 5.69 Å². The van der Waals surface area contributed by atoms with Crippen molar-refractivity contribution in [3.05, 3.63) is 54.6 Å². The standard InChI is InChI=1S/C26H31N3O5/c1-16(2)27-14-8-12-26-21(24(32)29(17(3)15-30)22(26)25(27)33)20-19(34-26)11-7-13-28(23(20)31)18-9-5-4-6-10-18/h4-12,16-17,19-22,30H,13-15H2,1-3H3/t17-,19-,20+,21+,22?,26+/m1/s1. The van der Waals surface area contributed by atoms with Crippen molar-refractivity contribution >= 4 is 23.4 Å². The first-order valence-electron chi connectivity index (χ1n) is 11.9. The highest BCUT2D eigenvalue weighted by molar-refractivity contribution is 6.03. The smallest absolute Gasteiger partial charge is 0.249 e. The van der Waals surface area contributed by atoms with Gasteiger partial charge in [0, 0.05) is 24.8 Å². The molecule has 1 unspecified atom stereocenters. The van der Waals surface area contributed by atoms with Crippen LogP contribution in [0.25, 0.3) is 0 Å². The highest BCUT2D eigenvalue weighted by atomic mass is 16.5. The van der Waals surface area contributed by atoms with E-state index >= 15 is 0 Å². The molecule has 0 aliphatic carbocycles. The summed E-state index contributed by atoms with van der Waals surface area (Å²) >= 11 is 0. The molecule has 8 nitrogen and oxygen atoms in total. The van der Waals surface area contributed by atoms with Gasteiger partial charge in [-0.3, -0.25) is 14.4 Å². The third-order valence-electron chi connectivity index (χ3n) is 7.56. The lowest BCUT2D eigenvalue weighted by molar-refractivity contribution is -0.151. The second-order valence-corrected chi connectivity index (χ2v) is 9.82. The molecule has 1 N–H and O–H groups in total. The van der Waals surface area contributed by atoms with Gasteiger partial charge in [-0.15, -0.1) is 0 Å². The zero-order chi connectivity index (χ0) is 24.2. The van der Waals surface area contributed by atoms with Gasteiger partial charge in [-0.1, -0.05) is 42.5 Å². The van der Waals surface area contributed by atoms with Gasteiger partial charge in [-0.25, -0.2) is 0 Å². The first-order valence-corrected chi connectivity index (χ1v) is 11.9. The number of aliphatic hydroxyl groups is 1. The molecule has 5 rings (SSSR count). The van der Waals surface area contributed by atoms with Crippen molar-refractivity contribution in [2.75, 3.05) is 24.6 Å². The topological polar surface area (TPSA) is 90.4 Å². The number of carbonyl (C=O) groups is 3. The van der Waals surface area contributed by atoms with Crippen LogP contribution in [-0.4, -0.2) is 82.2 Å². The maximum atomic E-state index is 14.0. The van der Waals surface area contributed by atoms with Gasteiger partial charge in [0.2, 0.25) is 17.7 Å². The number of likely N-dealkylation sites (tertiary alicyclic amines) is 1. The Morgan fingerprint density at radius 1 is 1.03 bits per heavy atom. The van der Waals surface area contributed by atoms with E-state index in [0.717, 1.165) is 5.69 Å². The lowest BCUT2D eigenvalue weighted by Gasteiger charge is -2.38. The molecule has 0 bridgehead atoms. The number of benzene rings is 1. The fourth-order valence-corrected chi connectivity index (χ4v) is 5.96. The summed E-state index contributed by atoms with van der Waals surface area (Å²) in [6, 6.07) is 7.76. The van der Waals surface area contributed by atoms with Crippen molar-refractivity contribution in [1.29, 1.82) is 0 Å². The van der Waals surface area contributed by atoms with Crippen molar-refractivity contribution < 1.29 is 24.2 Å². The Hall–Kier alpha value is -2.97. The summed E-state index contributed by atoms with van der Waals surface area (Å²) in [6.45, 7) is 6.07. The first-order chi connectivity index (χ1) is 16.3. The van der Waals surface area contributed by atoms with Gasteiger partial charge in [-0.05, 0) is 32.9 Å². The normalized spacial score (nSPS) is 33.7. The third kappa shape index (κ3) is 3.15. The maximum absolute atomic E-state index is 14.0. The van der Waals surface area contributed by atoms with Gasteiger partial charge < -0.3 is 24.5 Å². The summed E-state index contributed by atoms with van der Waals surface area (Å²) in [7, 11) is 0. The highest BCUT2D eigenvalue weighted by Crippen LogP contribution is 2.54. The van der Waals surface area contributed by atoms with Crippen LogP contribution in [0.1, 0.15) is 20.8 Å². The number of amides is 3. The van der Waals surface area contributed by atoms with E-state index in [4.69, 9.17) is 4.74 Å². The molecular formula is C26H31N3O5. The molecule has 3 amide bonds. The minimum atomic E-state index is -1.27. The molecule has 1 aromatic carbocycles. The molecule has 4 aliphatic heterocycles. The average molecular weight is 466 g/mol. The second kappa shape index (κ2) is 8.36. The molecule has 4 aliphatic rings. The summed E-state index contributed by atoms with van der Waals surface area (Å²) in [5.41, 5.74) is -0.518. The number of ether oxygens (including phenoxy) is 1. The molecule has 2 fully saturated rings. The molecule has 1 spiro atoms. The summed E-state index contributed by atoms with van der Waals surface area (Å²) in [5, 5.41) is 9.95. The molecule has 0 aromatic heterocycles. The molecule has 0 radical (unpaired) electrons. The molecule has 180 valence electrons. The number of aliphatic hydroxyl groups excluding tert-OH is 1. The SMILES string of the molecule is CC(C)N1CC=C[C@]23O[C@@H]4C=CCN(c5ccccc5)C(=O)[C@@H]4[C@H]2C(=O)N([C@H](C)CO)C3C1=O. The molecule has 2 saturated heterocycles. The lowest BCUT2D eigenvalue weighted by Crippen LogP contribution is -2.58. The zero-order valence-electron chi connectivity index (χ0n) is 19.7. The van der Waals surface area contributed by atoms with E-state index in [2.05, 4.69) is 0 Å². The van der Waals surface area contributed by atoms with E-state index in [1.54, 1.807) is 16.7 Å². The predicted octanol–water partition coefficient (Wildman–Crippen LogP) is 1.36.